The van der Waals surface area contributed by atoms with Gasteiger partial charge in [0.1, 0.15) is 23.0 Å². The summed E-state index contributed by atoms with van der Waals surface area (Å²) in [5, 5.41) is 21.5. The van der Waals surface area contributed by atoms with Gasteiger partial charge in [-0.15, -0.1) is 24.8 Å². The van der Waals surface area contributed by atoms with Crippen LogP contribution in [0.25, 0.3) is 28.0 Å². The van der Waals surface area contributed by atoms with Crippen LogP contribution in [-0.4, -0.2) is 55.5 Å². The van der Waals surface area contributed by atoms with Crippen LogP contribution in [0.15, 0.2) is 43.1 Å². The third-order valence-electron chi connectivity index (χ3n) is 5.08. The highest BCUT2D eigenvalue weighted by Crippen LogP contribution is 2.29. The van der Waals surface area contributed by atoms with Crippen LogP contribution in [0.2, 0.25) is 0 Å². The molecule has 0 bridgehead atoms. The van der Waals surface area contributed by atoms with Gasteiger partial charge in [-0.3, -0.25) is 4.68 Å². The lowest BCUT2D eigenvalue weighted by atomic mass is 10.1. The van der Waals surface area contributed by atoms with Crippen molar-refractivity contribution in [3.8, 4) is 28.6 Å². The van der Waals surface area contributed by atoms with Gasteiger partial charge in [0, 0.05) is 56.7 Å². The van der Waals surface area contributed by atoms with Gasteiger partial charge in [-0.05, 0) is 12.1 Å². The van der Waals surface area contributed by atoms with Crippen molar-refractivity contribution in [1.29, 1.82) is 5.26 Å². The number of aromatic nitrogens is 6. The summed E-state index contributed by atoms with van der Waals surface area (Å²) in [6.45, 7) is 3.79. The molecule has 4 aromatic rings. The summed E-state index contributed by atoms with van der Waals surface area (Å²) in [4.78, 5) is 11.8. The van der Waals surface area contributed by atoms with Gasteiger partial charge in [0.25, 0.3) is 0 Å². The van der Waals surface area contributed by atoms with E-state index in [0.29, 0.717) is 16.8 Å². The lowest BCUT2D eigenvalue weighted by Gasteiger charge is -2.28. The zero-order valence-electron chi connectivity index (χ0n) is 16.8. The molecule has 0 atom stereocenters. The fourth-order valence-corrected chi connectivity index (χ4v) is 3.60. The molecule has 0 aliphatic carbocycles. The second kappa shape index (κ2) is 9.31. The molecule has 0 amide bonds. The number of aryl methyl sites for hydroxylation is 1. The zero-order chi connectivity index (χ0) is 19.8. The fraction of sp³-hybridized carbons (Fsp3) is 0.250. The minimum absolute atomic E-state index is 0. The molecule has 11 heteroatoms. The van der Waals surface area contributed by atoms with Crippen LogP contribution in [0.5, 0.6) is 0 Å². The first-order chi connectivity index (χ1) is 14.2. The number of hydrogen-bond donors (Lipinski definition) is 1. The van der Waals surface area contributed by atoms with Crippen molar-refractivity contribution in [2.45, 2.75) is 0 Å². The Hall–Kier alpha value is -3.19. The van der Waals surface area contributed by atoms with Crippen molar-refractivity contribution < 1.29 is 0 Å². The van der Waals surface area contributed by atoms with Crippen LogP contribution in [0.4, 0.5) is 5.82 Å². The number of nitriles is 1. The number of anilines is 1. The van der Waals surface area contributed by atoms with E-state index in [1.165, 1.54) is 0 Å². The van der Waals surface area contributed by atoms with Crippen molar-refractivity contribution in [3.05, 3.63) is 48.7 Å². The van der Waals surface area contributed by atoms with E-state index >= 15 is 0 Å². The van der Waals surface area contributed by atoms with E-state index in [-0.39, 0.29) is 24.8 Å². The second-order valence-electron chi connectivity index (χ2n) is 6.98. The number of halogens is 2. The molecule has 1 aliphatic heterocycles. The third-order valence-corrected chi connectivity index (χ3v) is 5.08. The van der Waals surface area contributed by atoms with Crippen LogP contribution in [0.3, 0.4) is 0 Å². The predicted molar refractivity (Wildman–Crippen MR) is 123 cm³/mol. The SMILES string of the molecule is Cl.Cl.Cn1cc(-c2cn3ncc(C#N)c3c(-c3ccc(N4CCNCC4)nc3)n2)cn1. The number of nitrogens with zero attached hydrogens (tertiary/aromatic N) is 8. The molecular weight excluding hydrogens is 437 g/mol. The van der Waals surface area contributed by atoms with Gasteiger partial charge >= 0.3 is 0 Å². The first-order valence-electron chi connectivity index (χ1n) is 9.42. The highest BCUT2D eigenvalue weighted by Gasteiger charge is 2.17. The maximum Gasteiger partial charge on any atom is 0.128 e. The monoisotopic (exact) mass is 457 g/mol. The molecule has 160 valence electrons. The number of pyridine rings is 1. The van der Waals surface area contributed by atoms with Gasteiger partial charge in [-0.1, -0.05) is 0 Å². The minimum Gasteiger partial charge on any atom is -0.354 e. The van der Waals surface area contributed by atoms with Gasteiger partial charge in [-0.2, -0.15) is 15.5 Å². The average molecular weight is 458 g/mol. The molecule has 31 heavy (non-hydrogen) atoms. The first-order valence-corrected chi connectivity index (χ1v) is 9.42. The Bertz CT molecular complexity index is 1220. The molecule has 5 rings (SSSR count). The second-order valence-corrected chi connectivity index (χ2v) is 6.98. The molecular formula is C20H21Cl2N9. The Labute approximate surface area is 191 Å². The third kappa shape index (κ3) is 4.18. The topological polar surface area (TPSA) is 100.0 Å². The van der Waals surface area contributed by atoms with E-state index in [1.54, 1.807) is 21.6 Å². The molecule has 0 saturated carbocycles. The summed E-state index contributed by atoms with van der Waals surface area (Å²) < 4.78 is 3.43. The smallest absolute Gasteiger partial charge is 0.128 e. The number of hydrogen-bond acceptors (Lipinski definition) is 7. The number of rotatable bonds is 3. The summed E-state index contributed by atoms with van der Waals surface area (Å²) in [7, 11) is 1.86. The predicted octanol–water partition coefficient (Wildman–Crippen LogP) is 2.32. The van der Waals surface area contributed by atoms with E-state index in [1.807, 2.05) is 37.8 Å². The standard InChI is InChI=1S/C20H19N9.2ClH/c1-27-12-16(11-24-27)17-13-29-20(15(8-21)10-25-29)19(26-17)14-2-3-18(23-9-14)28-6-4-22-5-7-28;;/h2-3,9-13,22H,4-7H2,1H3;2*1H. The summed E-state index contributed by atoms with van der Waals surface area (Å²) in [5.41, 5.74) is 4.30. The summed E-state index contributed by atoms with van der Waals surface area (Å²) in [6.07, 6.45) is 8.87. The molecule has 1 aliphatic rings. The highest BCUT2D eigenvalue weighted by molar-refractivity contribution is 5.85. The molecule has 0 radical (unpaired) electrons. The molecule has 4 aromatic heterocycles. The van der Waals surface area contributed by atoms with Crippen molar-refractivity contribution >= 4 is 36.1 Å². The molecule has 5 heterocycles. The lowest BCUT2D eigenvalue weighted by Crippen LogP contribution is -2.43. The largest absolute Gasteiger partial charge is 0.354 e. The quantitative estimate of drug-likeness (QED) is 0.503. The Morgan fingerprint density at radius 1 is 1.00 bits per heavy atom. The Kier molecular flexibility index (Phi) is 6.75. The zero-order valence-corrected chi connectivity index (χ0v) is 18.4. The molecule has 0 spiro atoms. The van der Waals surface area contributed by atoms with Gasteiger partial charge in [0.2, 0.25) is 0 Å². The Balaban J connectivity index is 0.00000136. The van der Waals surface area contributed by atoms with E-state index in [4.69, 9.17) is 4.98 Å². The molecule has 9 nitrogen and oxygen atoms in total. The molecule has 1 fully saturated rings. The molecule has 0 unspecified atom stereocenters. The van der Waals surface area contributed by atoms with Gasteiger partial charge in [0.15, 0.2) is 0 Å². The maximum absolute atomic E-state index is 9.53. The normalized spacial score (nSPS) is 13.4. The van der Waals surface area contributed by atoms with Gasteiger partial charge in [-0.25, -0.2) is 14.5 Å². The lowest BCUT2D eigenvalue weighted by molar-refractivity contribution is 0.585. The van der Waals surface area contributed by atoms with Crippen LogP contribution in [-0.2, 0) is 7.05 Å². The number of nitrogens with one attached hydrogen (secondary N) is 1. The van der Waals surface area contributed by atoms with E-state index in [0.717, 1.165) is 48.8 Å². The van der Waals surface area contributed by atoms with Crippen molar-refractivity contribution in [2.75, 3.05) is 31.1 Å². The van der Waals surface area contributed by atoms with Crippen LogP contribution < -0.4 is 10.2 Å². The average Bonchev–Trinajstić information content (AvgIpc) is 3.40. The number of fused-ring (bicyclic) bond motifs is 1. The summed E-state index contributed by atoms with van der Waals surface area (Å²) in [6, 6.07) is 6.23. The van der Waals surface area contributed by atoms with Gasteiger partial charge < -0.3 is 10.2 Å². The minimum atomic E-state index is 0. The Morgan fingerprint density at radius 2 is 1.81 bits per heavy atom. The van der Waals surface area contributed by atoms with Crippen molar-refractivity contribution in [2.24, 2.45) is 7.05 Å². The molecule has 1 saturated heterocycles. The highest BCUT2D eigenvalue weighted by atomic mass is 35.5. The Morgan fingerprint density at radius 3 is 2.45 bits per heavy atom. The van der Waals surface area contributed by atoms with Crippen molar-refractivity contribution in [3.63, 3.8) is 0 Å². The van der Waals surface area contributed by atoms with E-state index in [9.17, 15) is 5.26 Å². The van der Waals surface area contributed by atoms with Crippen LogP contribution in [0.1, 0.15) is 5.56 Å². The van der Waals surface area contributed by atoms with E-state index < -0.39 is 0 Å². The summed E-state index contributed by atoms with van der Waals surface area (Å²) >= 11 is 0. The van der Waals surface area contributed by atoms with E-state index in [2.05, 4.69) is 31.5 Å². The van der Waals surface area contributed by atoms with Gasteiger partial charge in [0.05, 0.1) is 30.0 Å². The van der Waals surface area contributed by atoms with Crippen molar-refractivity contribution in [1.82, 2.24) is 34.7 Å². The van der Waals surface area contributed by atoms with Crippen LogP contribution in [0, 0.1) is 11.3 Å². The summed E-state index contributed by atoms with van der Waals surface area (Å²) in [5.74, 6) is 0.948. The maximum atomic E-state index is 9.53. The molecule has 0 aromatic carbocycles. The fourth-order valence-electron chi connectivity index (χ4n) is 3.60. The number of piperazine rings is 1. The van der Waals surface area contributed by atoms with Crippen LogP contribution >= 0.6 is 24.8 Å². The first kappa shape index (κ1) is 22.5. The molecule has 1 N–H and O–H groups in total.